The van der Waals surface area contributed by atoms with Gasteiger partial charge in [0.2, 0.25) is 0 Å². The van der Waals surface area contributed by atoms with Gasteiger partial charge in [0.25, 0.3) is 0 Å². The highest BCUT2D eigenvalue weighted by Crippen LogP contribution is 1.71. The summed E-state index contributed by atoms with van der Waals surface area (Å²) in [6.07, 6.45) is 4.82. The number of aliphatic hydroxyl groups is 1. The molecule has 0 unspecified atom stereocenters. The maximum Gasteiger partial charge on any atom is 0.0612 e. The Kier molecular flexibility index (Phi) is 7.37. The molecule has 54 valence electrons. The van der Waals surface area contributed by atoms with E-state index in [1.807, 2.05) is 6.08 Å². The van der Waals surface area contributed by atoms with Crippen LogP contribution in [0.15, 0.2) is 12.2 Å². The molecule has 0 aliphatic carbocycles. The summed E-state index contributed by atoms with van der Waals surface area (Å²) in [4.78, 5) is 0. The van der Waals surface area contributed by atoms with Crippen LogP contribution in [0.4, 0.5) is 0 Å². The van der Waals surface area contributed by atoms with Crippen LogP contribution in [0.25, 0.3) is 0 Å². The van der Waals surface area contributed by atoms with Gasteiger partial charge in [-0.1, -0.05) is 19.1 Å². The fourth-order valence-electron chi connectivity index (χ4n) is 0.520. The quantitative estimate of drug-likeness (QED) is 0.419. The first-order chi connectivity index (χ1) is 4.41. The molecule has 0 rings (SSSR count). The first-order valence-corrected chi connectivity index (χ1v) is 3.38. The Hall–Kier alpha value is -0.340. The van der Waals surface area contributed by atoms with E-state index in [0.29, 0.717) is 0 Å². The van der Waals surface area contributed by atoms with Crippen LogP contribution < -0.4 is 5.32 Å². The van der Waals surface area contributed by atoms with Crippen molar-refractivity contribution in [1.82, 2.24) is 5.32 Å². The minimum absolute atomic E-state index is 0.147. The molecule has 0 heterocycles. The summed E-state index contributed by atoms with van der Waals surface area (Å²) in [5.74, 6) is 0. The van der Waals surface area contributed by atoms with Gasteiger partial charge in [-0.25, -0.2) is 0 Å². The Balaban J connectivity index is 2.82. The minimum Gasteiger partial charge on any atom is -0.392 e. The van der Waals surface area contributed by atoms with Crippen LogP contribution in [0.5, 0.6) is 0 Å². The van der Waals surface area contributed by atoms with Gasteiger partial charge in [0.15, 0.2) is 0 Å². The Bertz CT molecular complexity index is 71.3. The van der Waals surface area contributed by atoms with E-state index in [2.05, 4.69) is 12.2 Å². The molecule has 0 amide bonds. The van der Waals surface area contributed by atoms with Gasteiger partial charge in [-0.2, -0.15) is 0 Å². The standard InChI is InChI=1S/C7H15NO/c1-2-5-8-6-3-4-7-9/h3-4,8-9H,2,5-7H2,1H3/b4-3+. The third-order valence-electron chi connectivity index (χ3n) is 0.961. The normalized spacial score (nSPS) is 10.9. The van der Waals surface area contributed by atoms with Crippen molar-refractivity contribution in [2.45, 2.75) is 13.3 Å². The lowest BCUT2D eigenvalue weighted by Crippen LogP contribution is -2.13. The summed E-state index contributed by atoms with van der Waals surface area (Å²) in [5.41, 5.74) is 0. The molecule has 0 bridgehead atoms. The average molecular weight is 129 g/mol. The van der Waals surface area contributed by atoms with Crippen molar-refractivity contribution in [3.05, 3.63) is 12.2 Å². The Morgan fingerprint density at radius 1 is 1.44 bits per heavy atom. The molecule has 2 nitrogen and oxygen atoms in total. The van der Waals surface area contributed by atoms with E-state index in [1.165, 1.54) is 0 Å². The molecule has 0 saturated heterocycles. The van der Waals surface area contributed by atoms with E-state index < -0.39 is 0 Å². The minimum atomic E-state index is 0.147. The van der Waals surface area contributed by atoms with Crippen LogP contribution in [0.1, 0.15) is 13.3 Å². The maximum absolute atomic E-state index is 8.31. The van der Waals surface area contributed by atoms with Gasteiger partial charge >= 0.3 is 0 Å². The molecule has 2 N–H and O–H groups in total. The van der Waals surface area contributed by atoms with Gasteiger partial charge in [0.05, 0.1) is 6.61 Å². The van der Waals surface area contributed by atoms with Crippen LogP contribution >= 0.6 is 0 Å². The zero-order valence-corrected chi connectivity index (χ0v) is 5.93. The Morgan fingerprint density at radius 2 is 2.22 bits per heavy atom. The molecule has 0 aromatic rings. The summed E-state index contributed by atoms with van der Waals surface area (Å²) >= 11 is 0. The molecule has 0 aromatic carbocycles. The average Bonchev–Trinajstić information content (AvgIpc) is 1.89. The Morgan fingerprint density at radius 3 is 2.78 bits per heavy atom. The maximum atomic E-state index is 8.31. The van der Waals surface area contributed by atoms with Crippen molar-refractivity contribution in [2.24, 2.45) is 0 Å². The highest BCUT2D eigenvalue weighted by atomic mass is 16.2. The molecular formula is C7H15NO. The number of aliphatic hydroxyl groups excluding tert-OH is 1. The lowest BCUT2D eigenvalue weighted by molar-refractivity contribution is 0.342. The molecule has 0 fully saturated rings. The molecule has 0 saturated carbocycles. The SMILES string of the molecule is CCCNC/C=C/CO. The summed E-state index contributed by atoms with van der Waals surface area (Å²) < 4.78 is 0. The lowest BCUT2D eigenvalue weighted by atomic mass is 10.4. The molecule has 2 heteroatoms. The van der Waals surface area contributed by atoms with Gasteiger partial charge in [-0.15, -0.1) is 0 Å². The van der Waals surface area contributed by atoms with Gasteiger partial charge in [-0.3, -0.25) is 0 Å². The van der Waals surface area contributed by atoms with E-state index in [9.17, 15) is 0 Å². The number of rotatable bonds is 5. The number of hydrogen-bond donors (Lipinski definition) is 2. The van der Waals surface area contributed by atoms with Crippen molar-refractivity contribution >= 4 is 0 Å². The van der Waals surface area contributed by atoms with E-state index in [1.54, 1.807) is 6.08 Å². The van der Waals surface area contributed by atoms with Crippen molar-refractivity contribution in [1.29, 1.82) is 0 Å². The van der Waals surface area contributed by atoms with Crippen molar-refractivity contribution in [2.75, 3.05) is 19.7 Å². The van der Waals surface area contributed by atoms with Crippen LogP contribution in [-0.4, -0.2) is 24.8 Å². The fourth-order valence-corrected chi connectivity index (χ4v) is 0.520. The van der Waals surface area contributed by atoms with Crippen LogP contribution in [-0.2, 0) is 0 Å². The highest BCUT2D eigenvalue weighted by Gasteiger charge is 1.76. The summed E-state index contributed by atoms with van der Waals surface area (Å²) in [7, 11) is 0. The molecular weight excluding hydrogens is 114 g/mol. The van der Waals surface area contributed by atoms with E-state index in [0.717, 1.165) is 19.5 Å². The van der Waals surface area contributed by atoms with Crippen LogP contribution in [0.2, 0.25) is 0 Å². The van der Waals surface area contributed by atoms with Crippen LogP contribution in [0, 0.1) is 0 Å². The molecule has 0 spiro atoms. The van der Waals surface area contributed by atoms with E-state index in [-0.39, 0.29) is 6.61 Å². The summed E-state index contributed by atoms with van der Waals surface area (Å²) in [5, 5.41) is 11.5. The van der Waals surface area contributed by atoms with Gasteiger partial charge in [-0.05, 0) is 13.0 Å². The predicted molar refractivity (Wildman–Crippen MR) is 39.4 cm³/mol. The zero-order chi connectivity index (χ0) is 6.95. The van der Waals surface area contributed by atoms with E-state index in [4.69, 9.17) is 5.11 Å². The lowest BCUT2D eigenvalue weighted by Gasteiger charge is -1.94. The molecule has 0 aliphatic rings. The summed E-state index contributed by atoms with van der Waals surface area (Å²) in [6.45, 7) is 4.20. The fraction of sp³-hybridized carbons (Fsp3) is 0.714. The first kappa shape index (κ1) is 8.66. The smallest absolute Gasteiger partial charge is 0.0612 e. The molecule has 0 radical (unpaired) electrons. The summed E-state index contributed by atoms with van der Waals surface area (Å²) in [6, 6.07) is 0. The third-order valence-corrected chi connectivity index (χ3v) is 0.961. The second-order valence-electron chi connectivity index (χ2n) is 1.86. The van der Waals surface area contributed by atoms with Crippen molar-refractivity contribution in [3.8, 4) is 0 Å². The van der Waals surface area contributed by atoms with E-state index >= 15 is 0 Å². The van der Waals surface area contributed by atoms with Crippen molar-refractivity contribution < 1.29 is 5.11 Å². The number of hydrogen-bond acceptors (Lipinski definition) is 2. The number of nitrogens with one attached hydrogen (secondary N) is 1. The van der Waals surface area contributed by atoms with Gasteiger partial charge in [0, 0.05) is 6.54 Å². The second kappa shape index (κ2) is 7.66. The van der Waals surface area contributed by atoms with Crippen molar-refractivity contribution in [3.63, 3.8) is 0 Å². The molecule has 9 heavy (non-hydrogen) atoms. The van der Waals surface area contributed by atoms with Gasteiger partial charge in [0.1, 0.15) is 0 Å². The predicted octanol–water partition coefficient (Wildman–Crippen LogP) is 0.534. The molecule has 0 aliphatic heterocycles. The third kappa shape index (κ3) is 7.66. The largest absolute Gasteiger partial charge is 0.392 e. The zero-order valence-electron chi connectivity index (χ0n) is 5.93. The first-order valence-electron chi connectivity index (χ1n) is 3.38. The van der Waals surface area contributed by atoms with Crippen LogP contribution in [0.3, 0.4) is 0 Å². The monoisotopic (exact) mass is 129 g/mol. The molecule has 0 aromatic heterocycles. The topological polar surface area (TPSA) is 32.3 Å². The molecule has 0 atom stereocenters. The highest BCUT2D eigenvalue weighted by molar-refractivity contribution is 4.82. The second-order valence-corrected chi connectivity index (χ2v) is 1.86. The van der Waals surface area contributed by atoms with Gasteiger partial charge < -0.3 is 10.4 Å². The Labute approximate surface area is 56.6 Å².